The summed E-state index contributed by atoms with van der Waals surface area (Å²) in [4.78, 5) is 23.8. The number of rotatable bonds is 6. The molecule has 0 unspecified atom stereocenters. The standard InChI is InChI=1S/C22H19BrN2O4S/c1-14-13-19(9-12-21(14)23)24-22(27)17-3-7-18(8-4-17)25-30(28,29)20-10-5-16(6-11-20)15(2)26/h3-13,25H,1-2H3,(H,24,27). The monoisotopic (exact) mass is 486 g/mol. The SMILES string of the molecule is CC(=O)c1ccc(S(=O)(=O)Nc2ccc(C(=O)Nc3ccc(Br)c(C)c3)cc2)cc1. The summed E-state index contributed by atoms with van der Waals surface area (Å²) in [6, 6.07) is 17.3. The molecule has 0 aliphatic carbocycles. The summed E-state index contributed by atoms with van der Waals surface area (Å²) in [6.07, 6.45) is 0. The van der Waals surface area contributed by atoms with E-state index in [1.165, 1.54) is 55.5 Å². The molecule has 0 aliphatic rings. The maximum absolute atomic E-state index is 12.5. The Morgan fingerprint density at radius 1 is 0.833 bits per heavy atom. The van der Waals surface area contributed by atoms with Gasteiger partial charge in [0, 0.05) is 27.0 Å². The van der Waals surface area contributed by atoms with Crippen LogP contribution in [-0.4, -0.2) is 20.1 Å². The van der Waals surface area contributed by atoms with E-state index in [0.717, 1.165) is 10.0 Å². The number of Topliss-reactive ketones (excluding diaryl/α,β-unsaturated/α-hetero) is 1. The van der Waals surface area contributed by atoms with E-state index in [4.69, 9.17) is 0 Å². The van der Waals surface area contributed by atoms with E-state index >= 15 is 0 Å². The van der Waals surface area contributed by atoms with Gasteiger partial charge in [-0.2, -0.15) is 0 Å². The number of amides is 1. The third kappa shape index (κ3) is 5.14. The fourth-order valence-corrected chi connectivity index (χ4v) is 4.00. The zero-order valence-electron chi connectivity index (χ0n) is 16.3. The molecule has 0 aliphatic heterocycles. The van der Waals surface area contributed by atoms with E-state index < -0.39 is 10.0 Å². The van der Waals surface area contributed by atoms with Crippen molar-refractivity contribution in [1.82, 2.24) is 0 Å². The van der Waals surface area contributed by atoms with E-state index in [1.54, 1.807) is 6.07 Å². The second kappa shape index (κ2) is 8.81. The van der Waals surface area contributed by atoms with Gasteiger partial charge in [0.15, 0.2) is 5.78 Å². The van der Waals surface area contributed by atoms with Crippen LogP contribution in [0.1, 0.15) is 33.2 Å². The van der Waals surface area contributed by atoms with Crippen LogP contribution < -0.4 is 10.0 Å². The van der Waals surface area contributed by atoms with Gasteiger partial charge in [-0.3, -0.25) is 14.3 Å². The number of aryl methyl sites for hydroxylation is 1. The Labute approximate surface area is 183 Å². The molecule has 3 aromatic rings. The van der Waals surface area contributed by atoms with Crippen molar-refractivity contribution in [3.05, 3.63) is 87.9 Å². The predicted molar refractivity (Wildman–Crippen MR) is 121 cm³/mol. The molecule has 0 atom stereocenters. The van der Waals surface area contributed by atoms with Gasteiger partial charge in [0.1, 0.15) is 0 Å². The minimum absolute atomic E-state index is 0.0416. The molecule has 0 saturated carbocycles. The third-order valence-electron chi connectivity index (χ3n) is 4.39. The number of ketones is 1. The Balaban J connectivity index is 1.70. The minimum atomic E-state index is -3.81. The summed E-state index contributed by atoms with van der Waals surface area (Å²) in [5.74, 6) is -0.440. The van der Waals surface area contributed by atoms with Gasteiger partial charge in [0.25, 0.3) is 15.9 Å². The first-order valence-electron chi connectivity index (χ1n) is 8.97. The van der Waals surface area contributed by atoms with Crippen molar-refractivity contribution >= 4 is 49.0 Å². The molecule has 2 N–H and O–H groups in total. The molecule has 0 saturated heterocycles. The van der Waals surface area contributed by atoms with Crippen LogP contribution in [0.3, 0.4) is 0 Å². The second-order valence-electron chi connectivity index (χ2n) is 6.68. The van der Waals surface area contributed by atoms with Crippen molar-refractivity contribution in [1.29, 1.82) is 0 Å². The molecular formula is C22H19BrN2O4S. The Kier molecular flexibility index (Phi) is 6.38. The van der Waals surface area contributed by atoms with Crippen LogP contribution in [0.15, 0.2) is 76.1 Å². The van der Waals surface area contributed by atoms with E-state index in [2.05, 4.69) is 26.0 Å². The Hall–Kier alpha value is -2.97. The van der Waals surface area contributed by atoms with Gasteiger partial charge in [0.05, 0.1) is 4.90 Å². The molecule has 0 bridgehead atoms. The third-order valence-corrected chi connectivity index (χ3v) is 6.67. The number of carbonyl (C=O) groups excluding carboxylic acids is 2. The molecule has 8 heteroatoms. The molecule has 3 rings (SSSR count). The van der Waals surface area contributed by atoms with Crippen LogP contribution in [0.25, 0.3) is 0 Å². The molecule has 0 radical (unpaired) electrons. The van der Waals surface area contributed by atoms with Crippen LogP contribution in [0.2, 0.25) is 0 Å². The number of halogens is 1. The van der Waals surface area contributed by atoms with E-state index in [0.29, 0.717) is 22.5 Å². The summed E-state index contributed by atoms with van der Waals surface area (Å²) in [5, 5.41) is 2.81. The van der Waals surface area contributed by atoms with Gasteiger partial charge < -0.3 is 5.32 Å². The normalized spacial score (nSPS) is 11.0. The molecule has 1 amide bonds. The molecule has 0 aromatic heterocycles. The average Bonchev–Trinajstić information content (AvgIpc) is 2.71. The first-order chi connectivity index (χ1) is 14.2. The van der Waals surface area contributed by atoms with E-state index in [-0.39, 0.29) is 16.6 Å². The Bertz CT molecular complexity index is 1200. The largest absolute Gasteiger partial charge is 0.322 e. The van der Waals surface area contributed by atoms with Crippen molar-refractivity contribution in [2.75, 3.05) is 10.0 Å². The first kappa shape index (κ1) is 21.7. The van der Waals surface area contributed by atoms with Crippen LogP contribution in [0.5, 0.6) is 0 Å². The minimum Gasteiger partial charge on any atom is -0.322 e. The van der Waals surface area contributed by atoms with Gasteiger partial charge in [-0.05, 0) is 74.0 Å². The van der Waals surface area contributed by atoms with Crippen molar-refractivity contribution < 1.29 is 18.0 Å². The lowest BCUT2D eigenvalue weighted by Gasteiger charge is -2.10. The molecular weight excluding hydrogens is 468 g/mol. The smallest absolute Gasteiger partial charge is 0.261 e. The van der Waals surface area contributed by atoms with Crippen LogP contribution in [-0.2, 0) is 10.0 Å². The molecule has 154 valence electrons. The van der Waals surface area contributed by atoms with Gasteiger partial charge in [-0.25, -0.2) is 8.42 Å². The lowest BCUT2D eigenvalue weighted by molar-refractivity contribution is 0.101. The second-order valence-corrected chi connectivity index (χ2v) is 9.22. The maximum atomic E-state index is 12.5. The summed E-state index contributed by atoms with van der Waals surface area (Å²) < 4.78 is 28.5. The number of hydrogen-bond acceptors (Lipinski definition) is 4. The quantitative estimate of drug-likeness (QED) is 0.478. The maximum Gasteiger partial charge on any atom is 0.261 e. The number of carbonyl (C=O) groups is 2. The zero-order valence-corrected chi connectivity index (χ0v) is 18.7. The van der Waals surface area contributed by atoms with Crippen LogP contribution >= 0.6 is 15.9 Å². The van der Waals surface area contributed by atoms with Crippen LogP contribution in [0, 0.1) is 6.92 Å². The number of hydrogen-bond donors (Lipinski definition) is 2. The van der Waals surface area contributed by atoms with Gasteiger partial charge >= 0.3 is 0 Å². The highest BCUT2D eigenvalue weighted by molar-refractivity contribution is 9.10. The van der Waals surface area contributed by atoms with Crippen molar-refractivity contribution in [3.63, 3.8) is 0 Å². The molecule has 0 fully saturated rings. The zero-order chi connectivity index (χ0) is 21.9. The molecule has 0 heterocycles. The van der Waals surface area contributed by atoms with Crippen molar-refractivity contribution in [2.24, 2.45) is 0 Å². The van der Waals surface area contributed by atoms with Crippen LogP contribution in [0.4, 0.5) is 11.4 Å². The highest BCUT2D eigenvalue weighted by Gasteiger charge is 2.15. The van der Waals surface area contributed by atoms with E-state index in [1.807, 2.05) is 19.1 Å². The Morgan fingerprint density at radius 3 is 1.97 bits per heavy atom. The first-order valence-corrected chi connectivity index (χ1v) is 11.2. The summed E-state index contributed by atoms with van der Waals surface area (Å²) >= 11 is 3.42. The Morgan fingerprint density at radius 2 is 1.40 bits per heavy atom. The predicted octanol–water partition coefficient (Wildman–Crippen LogP) is 5.01. The fourth-order valence-electron chi connectivity index (χ4n) is 2.70. The molecule has 3 aromatic carbocycles. The summed E-state index contributed by atoms with van der Waals surface area (Å²) in [7, 11) is -3.81. The fraction of sp³-hybridized carbons (Fsp3) is 0.0909. The lowest BCUT2D eigenvalue weighted by atomic mass is 10.2. The molecule has 6 nitrogen and oxygen atoms in total. The van der Waals surface area contributed by atoms with Gasteiger partial charge in [-0.15, -0.1) is 0 Å². The molecule has 30 heavy (non-hydrogen) atoms. The number of anilines is 2. The van der Waals surface area contributed by atoms with Gasteiger partial charge in [-0.1, -0.05) is 28.1 Å². The van der Waals surface area contributed by atoms with E-state index in [9.17, 15) is 18.0 Å². The number of sulfonamides is 1. The molecule has 0 spiro atoms. The number of nitrogens with one attached hydrogen (secondary N) is 2. The van der Waals surface area contributed by atoms with Gasteiger partial charge in [0.2, 0.25) is 0 Å². The highest BCUT2D eigenvalue weighted by atomic mass is 79.9. The average molecular weight is 487 g/mol. The highest BCUT2D eigenvalue weighted by Crippen LogP contribution is 2.21. The summed E-state index contributed by atoms with van der Waals surface area (Å²) in [6.45, 7) is 3.34. The topological polar surface area (TPSA) is 92.3 Å². The lowest BCUT2D eigenvalue weighted by Crippen LogP contribution is -2.14. The number of benzene rings is 3. The summed E-state index contributed by atoms with van der Waals surface area (Å²) in [5.41, 5.74) is 2.81. The van der Waals surface area contributed by atoms with Crippen molar-refractivity contribution in [3.8, 4) is 0 Å². The van der Waals surface area contributed by atoms with Crippen molar-refractivity contribution in [2.45, 2.75) is 18.7 Å².